The Morgan fingerprint density at radius 1 is 1.15 bits per heavy atom. The van der Waals surface area contributed by atoms with E-state index < -0.39 is 6.29 Å². The molecule has 0 amide bonds. The highest BCUT2D eigenvalue weighted by molar-refractivity contribution is 4.54. The maximum Gasteiger partial charge on any atom is 0.193 e. The first-order valence-electron chi connectivity index (χ1n) is 5.35. The van der Waals surface area contributed by atoms with E-state index in [-0.39, 0.29) is 5.92 Å². The molecular weight excluding hydrogens is 164 g/mol. The highest BCUT2D eigenvalue weighted by Gasteiger charge is 2.15. The molecule has 13 heavy (non-hydrogen) atoms. The van der Waals surface area contributed by atoms with Crippen molar-refractivity contribution in [2.45, 2.75) is 53.2 Å². The van der Waals surface area contributed by atoms with E-state index in [4.69, 9.17) is 4.74 Å². The van der Waals surface area contributed by atoms with Crippen molar-refractivity contribution in [2.75, 3.05) is 6.61 Å². The molecule has 2 nitrogen and oxygen atoms in total. The van der Waals surface area contributed by atoms with Crippen LogP contribution in [0.15, 0.2) is 0 Å². The van der Waals surface area contributed by atoms with Crippen LogP contribution in [0.5, 0.6) is 0 Å². The van der Waals surface area contributed by atoms with E-state index in [2.05, 4.69) is 20.8 Å². The molecule has 0 heterocycles. The van der Waals surface area contributed by atoms with E-state index in [1.807, 2.05) is 6.92 Å². The van der Waals surface area contributed by atoms with Gasteiger partial charge in [0.05, 0.1) is 6.61 Å². The SMILES string of the molecule is CCCC(C)C([O])OCCC(C)C. The average molecular weight is 187 g/mol. The van der Waals surface area contributed by atoms with E-state index in [1.165, 1.54) is 0 Å². The molecule has 0 aromatic heterocycles. The van der Waals surface area contributed by atoms with Gasteiger partial charge in [-0.3, -0.25) is 0 Å². The van der Waals surface area contributed by atoms with Crippen LogP contribution < -0.4 is 0 Å². The Labute approximate surface area is 82.3 Å². The normalized spacial score (nSPS) is 16.2. The van der Waals surface area contributed by atoms with E-state index >= 15 is 0 Å². The van der Waals surface area contributed by atoms with Crippen molar-refractivity contribution in [3.63, 3.8) is 0 Å². The third-order valence-corrected chi connectivity index (χ3v) is 2.19. The number of ether oxygens (including phenoxy) is 1. The van der Waals surface area contributed by atoms with Gasteiger partial charge in [0.15, 0.2) is 6.29 Å². The third kappa shape index (κ3) is 7.03. The predicted octanol–water partition coefficient (Wildman–Crippen LogP) is 3.24. The van der Waals surface area contributed by atoms with Gasteiger partial charge >= 0.3 is 0 Å². The molecule has 0 aliphatic heterocycles. The summed E-state index contributed by atoms with van der Waals surface area (Å²) in [6.45, 7) is 8.95. The summed E-state index contributed by atoms with van der Waals surface area (Å²) in [5.74, 6) is 0.769. The molecule has 0 N–H and O–H groups in total. The second-order valence-corrected chi connectivity index (χ2v) is 4.19. The van der Waals surface area contributed by atoms with Gasteiger partial charge in [0.1, 0.15) is 0 Å². The van der Waals surface area contributed by atoms with Crippen LogP contribution in [0.4, 0.5) is 0 Å². The lowest BCUT2D eigenvalue weighted by Crippen LogP contribution is -2.20. The quantitative estimate of drug-likeness (QED) is 0.562. The Morgan fingerprint density at radius 3 is 2.23 bits per heavy atom. The van der Waals surface area contributed by atoms with Crippen LogP contribution in [0, 0.1) is 11.8 Å². The van der Waals surface area contributed by atoms with Gasteiger partial charge in [-0.25, -0.2) is 5.11 Å². The fraction of sp³-hybridized carbons (Fsp3) is 1.00. The first-order valence-corrected chi connectivity index (χ1v) is 5.35. The summed E-state index contributed by atoms with van der Waals surface area (Å²) in [6, 6.07) is 0. The van der Waals surface area contributed by atoms with Crippen molar-refractivity contribution in [1.82, 2.24) is 0 Å². The van der Waals surface area contributed by atoms with Crippen molar-refractivity contribution in [3.05, 3.63) is 0 Å². The molecule has 0 aromatic rings. The molecule has 2 atom stereocenters. The zero-order valence-electron chi connectivity index (χ0n) is 9.38. The lowest BCUT2D eigenvalue weighted by Gasteiger charge is -2.17. The summed E-state index contributed by atoms with van der Waals surface area (Å²) >= 11 is 0. The highest BCUT2D eigenvalue weighted by Crippen LogP contribution is 2.13. The van der Waals surface area contributed by atoms with Crippen LogP contribution in [0.3, 0.4) is 0 Å². The van der Waals surface area contributed by atoms with Crippen LogP contribution >= 0.6 is 0 Å². The molecule has 0 saturated carbocycles. The van der Waals surface area contributed by atoms with Crippen LogP contribution in [0.25, 0.3) is 0 Å². The van der Waals surface area contributed by atoms with Gasteiger partial charge in [0.25, 0.3) is 0 Å². The van der Waals surface area contributed by atoms with Crippen LogP contribution in [-0.4, -0.2) is 12.9 Å². The van der Waals surface area contributed by atoms with E-state index in [0.717, 1.165) is 19.3 Å². The molecule has 0 aromatic carbocycles. The predicted molar refractivity (Wildman–Crippen MR) is 54.0 cm³/mol. The summed E-state index contributed by atoms with van der Waals surface area (Å²) < 4.78 is 5.21. The van der Waals surface area contributed by atoms with Gasteiger partial charge in [-0.1, -0.05) is 34.1 Å². The molecule has 0 saturated heterocycles. The first-order chi connectivity index (χ1) is 6.07. The van der Waals surface area contributed by atoms with Gasteiger partial charge in [0.2, 0.25) is 0 Å². The van der Waals surface area contributed by atoms with Crippen LogP contribution in [0.1, 0.15) is 47.0 Å². The van der Waals surface area contributed by atoms with E-state index in [9.17, 15) is 5.11 Å². The fourth-order valence-electron chi connectivity index (χ4n) is 1.18. The average Bonchev–Trinajstić information content (AvgIpc) is 2.04. The number of hydrogen-bond donors (Lipinski definition) is 0. The Morgan fingerprint density at radius 2 is 1.77 bits per heavy atom. The Kier molecular flexibility index (Phi) is 7.29. The summed E-state index contributed by atoms with van der Waals surface area (Å²) in [6.07, 6.45) is 2.19. The monoisotopic (exact) mass is 187 g/mol. The topological polar surface area (TPSA) is 29.1 Å². The molecule has 0 aliphatic rings. The van der Waals surface area contributed by atoms with E-state index in [1.54, 1.807) is 0 Å². The lowest BCUT2D eigenvalue weighted by atomic mass is 10.1. The first kappa shape index (κ1) is 12.9. The molecule has 0 fully saturated rings. The van der Waals surface area contributed by atoms with Crippen LogP contribution in [0.2, 0.25) is 0 Å². The standard InChI is InChI=1S/C11H23O2/c1-5-6-10(4)11(12)13-8-7-9(2)3/h9-11H,5-8H2,1-4H3. The van der Waals surface area contributed by atoms with Crippen molar-refractivity contribution in [3.8, 4) is 0 Å². The lowest BCUT2D eigenvalue weighted by molar-refractivity contribution is -0.171. The molecular formula is C11H23O2. The zero-order valence-corrected chi connectivity index (χ0v) is 9.38. The summed E-state index contributed by atoms with van der Waals surface area (Å²) in [5.41, 5.74) is 0. The molecule has 0 spiro atoms. The maximum atomic E-state index is 11.4. The molecule has 0 rings (SSSR count). The zero-order chi connectivity index (χ0) is 10.3. The smallest absolute Gasteiger partial charge is 0.193 e. The maximum absolute atomic E-state index is 11.4. The number of hydrogen-bond acceptors (Lipinski definition) is 1. The molecule has 0 aliphatic carbocycles. The molecule has 1 radical (unpaired) electrons. The summed E-state index contributed by atoms with van der Waals surface area (Å²) in [7, 11) is 0. The minimum Gasteiger partial charge on any atom is -0.349 e. The van der Waals surface area contributed by atoms with Crippen LogP contribution in [-0.2, 0) is 9.84 Å². The number of rotatable bonds is 7. The van der Waals surface area contributed by atoms with Gasteiger partial charge in [-0.05, 0) is 18.8 Å². The third-order valence-electron chi connectivity index (χ3n) is 2.19. The molecule has 2 heteroatoms. The largest absolute Gasteiger partial charge is 0.349 e. The minimum atomic E-state index is -0.821. The molecule has 0 bridgehead atoms. The van der Waals surface area contributed by atoms with Gasteiger partial charge in [-0.2, -0.15) is 0 Å². The molecule has 2 unspecified atom stereocenters. The van der Waals surface area contributed by atoms with Crippen molar-refractivity contribution in [2.24, 2.45) is 11.8 Å². The van der Waals surface area contributed by atoms with Gasteiger partial charge in [-0.15, -0.1) is 0 Å². The Balaban J connectivity index is 3.43. The Hall–Kier alpha value is -0.0800. The van der Waals surface area contributed by atoms with E-state index in [0.29, 0.717) is 12.5 Å². The second-order valence-electron chi connectivity index (χ2n) is 4.19. The molecule has 79 valence electrons. The summed E-state index contributed by atoms with van der Waals surface area (Å²) in [4.78, 5) is 0. The van der Waals surface area contributed by atoms with Crippen molar-refractivity contribution in [1.29, 1.82) is 0 Å². The van der Waals surface area contributed by atoms with Crippen molar-refractivity contribution < 1.29 is 9.84 Å². The summed E-state index contributed by atoms with van der Waals surface area (Å²) in [5, 5.41) is 11.4. The minimum absolute atomic E-state index is 0.150. The van der Waals surface area contributed by atoms with Gasteiger partial charge in [0, 0.05) is 5.92 Å². The second kappa shape index (κ2) is 7.34. The fourth-order valence-corrected chi connectivity index (χ4v) is 1.18. The van der Waals surface area contributed by atoms with Gasteiger partial charge < -0.3 is 4.74 Å². The highest BCUT2D eigenvalue weighted by atomic mass is 16.6. The van der Waals surface area contributed by atoms with Crippen molar-refractivity contribution >= 4 is 0 Å². The Bertz CT molecular complexity index is 113.